The van der Waals surface area contributed by atoms with Crippen LogP contribution in [0.1, 0.15) is 0 Å². The Hall–Kier alpha value is -0.920. The Labute approximate surface area is 117 Å². The maximum atomic E-state index is 12.4. The highest BCUT2D eigenvalue weighted by atomic mass is 79.9. The number of esters is 1. The topological polar surface area (TPSA) is 55.8 Å². The molecule has 0 bridgehead atoms. The molecule has 18 heavy (non-hydrogen) atoms. The fourth-order valence-electron chi connectivity index (χ4n) is 1.74. The first-order chi connectivity index (χ1) is 8.51. The van der Waals surface area contributed by atoms with E-state index in [1.54, 1.807) is 7.05 Å². The van der Waals surface area contributed by atoms with Crippen LogP contribution in [0.5, 0.6) is 0 Å². The largest absolute Gasteiger partial charge is 0.468 e. The summed E-state index contributed by atoms with van der Waals surface area (Å²) in [7, 11) is 2.92. The Morgan fingerprint density at radius 1 is 1.50 bits per heavy atom. The van der Waals surface area contributed by atoms with E-state index in [1.165, 1.54) is 23.3 Å². The molecule has 0 aliphatic carbocycles. The van der Waals surface area contributed by atoms with Gasteiger partial charge in [-0.1, -0.05) is 0 Å². The van der Waals surface area contributed by atoms with Gasteiger partial charge in [0.05, 0.1) is 29.1 Å². The third kappa shape index (κ3) is 2.06. The maximum absolute atomic E-state index is 12.4. The van der Waals surface area contributed by atoms with Gasteiger partial charge in [0.2, 0.25) is 5.91 Å². The fraction of sp³-hybridized carbons (Fsp3) is 0.455. The minimum Gasteiger partial charge on any atom is -0.468 e. The van der Waals surface area contributed by atoms with E-state index in [1.807, 2.05) is 12.1 Å². The van der Waals surface area contributed by atoms with Crippen LogP contribution in [0.25, 0.3) is 0 Å². The van der Waals surface area contributed by atoms with Crippen molar-refractivity contribution in [2.75, 3.05) is 32.3 Å². The predicted molar refractivity (Wildman–Crippen MR) is 70.7 cm³/mol. The number of hydrogen-bond acceptors (Lipinski definition) is 5. The molecular formula is C11H12BrNO4S. The molecule has 0 atom stereocenters. The summed E-state index contributed by atoms with van der Waals surface area (Å²) in [5.74, 6) is -0.837. The first-order valence-electron chi connectivity index (χ1n) is 5.21. The van der Waals surface area contributed by atoms with Gasteiger partial charge >= 0.3 is 5.97 Å². The summed E-state index contributed by atoms with van der Waals surface area (Å²) in [4.78, 5) is 25.6. The van der Waals surface area contributed by atoms with Crippen molar-refractivity contribution in [3.8, 4) is 0 Å². The highest BCUT2D eigenvalue weighted by Crippen LogP contribution is 2.35. The van der Waals surface area contributed by atoms with Crippen LogP contribution in [0.4, 0.5) is 5.00 Å². The van der Waals surface area contributed by atoms with E-state index in [4.69, 9.17) is 9.47 Å². The van der Waals surface area contributed by atoms with Crippen molar-refractivity contribution >= 4 is 44.1 Å². The van der Waals surface area contributed by atoms with Crippen molar-refractivity contribution in [1.29, 1.82) is 0 Å². The van der Waals surface area contributed by atoms with Crippen LogP contribution in [0.15, 0.2) is 15.9 Å². The zero-order valence-electron chi connectivity index (χ0n) is 9.94. The molecule has 1 aromatic heterocycles. The van der Waals surface area contributed by atoms with Gasteiger partial charge in [-0.15, -0.1) is 11.3 Å². The number of ether oxygens (including phenoxy) is 2. The molecule has 5 nitrogen and oxygen atoms in total. The summed E-state index contributed by atoms with van der Waals surface area (Å²) >= 11 is 4.76. The molecule has 1 amide bonds. The lowest BCUT2D eigenvalue weighted by Gasteiger charge is -2.38. The Morgan fingerprint density at radius 3 is 2.56 bits per heavy atom. The van der Waals surface area contributed by atoms with E-state index in [-0.39, 0.29) is 19.1 Å². The molecule has 1 aliphatic heterocycles. The first kappa shape index (κ1) is 13.5. The molecule has 0 spiro atoms. The van der Waals surface area contributed by atoms with Crippen molar-refractivity contribution in [3.63, 3.8) is 0 Å². The monoisotopic (exact) mass is 333 g/mol. The molecule has 2 rings (SSSR count). The van der Waals surface area contributed by atoms with Crippen LogP contribution >= 0.6 is 27.3 Å². The lowest BCUT2D eigenvalue weighted by atomic mass is 9.84. The number of halogens is 1. The Morgan fingerprint density at radius 2 is 2.17 bits per heavy atom. The zero-order chi connectivity index (χ0) is 13.3. The molecule has 7 heteroatoms. The number of nitrogens with zero attached hydrogens (tertiary/aromatic N) is 1. The smallest absolute Gasteiger partial charge is 0.326 e. The van der Waals surface area contributed by atoms with Crippen LogP contribution in [0.3, 0.4) is 0 Å². The minimum absolute atomic E-state index is 0.0788. The third-order valence-electron chi connectivity index (χ3n) is 2.88. The van der Waals surface area contributed by atoms with Crippen molar-refractivity contribution < 1.29 is 19.1 Å². The van der Waals surface area contributed by atoms with E-state index in [2.05, 4.69) is 15.9 Å². The molecule has 2 heterocycles. The molecular weight excluding hydrogens is 322 g/mol. The number of methoxy groups -OCH3 is 1. The SMILES string of the molecule is COC(=O)C1(C(=O)N(C)c2ccc(Br)s2)COC1. The van der Waals surface area contributed by atoms with Gasteiger partial charge < -0.3 is 14.4 Å². The number of rotatable bonds is 3. The Kier molecular flexibility index (Phi) is 3.74. The zero-order valence-corrected chi connectivity index (χ0v) is 12.3. The van der Waals surface area contributed by atoms with Gasteiger partial charge in [-0.25, -0.2) is 0 Å². The minimum atomic E-state index is -1.18. The lowest BCUT2D eigenvalue weighted by Crippen LogP contribution is -2.59. The van der Waals surface area contributed by atoms with Gasteiger partial charge in [0.15, 0.2) is 5.41 Å². The van der Waals surface area contributed by atoms with Crippen LogP contribution in [-0.4, -0.2) is 39.2 Å². The number of anilines is 1. The van der Waals surface area contributed by atoms with Crippen LogP contribution in [0, 0.1) is 5.41 Å². The maximum Gasteiger partial charge on any atom is 0.326 e. The molecule has 0 saturated carbocycles. The molecule has 0 N–H and O–H groups in total. The number of thiophene rings is 1. The van der Waals surface area contributed by atoms with Crippen molar-refractivity contribution in [1.82, 2.24) is 0 Å². The van der Waals surface area contributed by atoms with E-state index in [9.17, 15) is 9.59 Å². The second-order valence-corrected chi connectivity index (χ2v) is 6.45. The predicted octanol–water partition coefficient (Wildman–Crippen LogP) is 1.66. The number of carbonyl (C=O) groups is 2. The van der Waals surface area contributed by atoms with Gasteiger partial charge in [-0.05, 0) is 28.1 Å². The van der Waals surface area contributed by atoms with Crippen LogP contribution in [0.2, 0.25) is 0 Å². The summed E-state index contributed by atoms with van der Waals surface area (Å²) in [6, 6.07) is 3.67. The fourth-order valence-corrected chi connectivity index (χ4v) is 3.06. The highest BCUT2D eigenvalue weighted by molar-refractivity contribution is 9.11. The standard InChI is InChI=1S/C11H12BrNO4S/c1-13(8-4-3-7(12)18-8)9(14)11(5-17-6-11)10(15)16-2/h3-4H,5-6H2,1-2H3. The summed E-state index contributed by atoms with van der Waals surface area (Å²) in [6.07, 6.45) is 0. The first-order valence-corrected chi connectivity index (χ1v) is 6.82. The number of amides is 1. The second kappa shape index (κ2) is 4.99. The van der Waals surface area contributed by atoms with E-state index in [0.29, 0.717) is 0 Å². The van der Waals surface area contributed by atoms with Crippen molar-refractivity contribution in [3.05, 3.63) is 15.9 Å². The lowest BCUT2D eigenvalue weighted by molar-refractivity contribution is -0.186. The average Bonchev–Trinajstić information content (AvgIpc) is 2.72. The second-order valence-electron chi connectivity index (χ2n) is 4.01. The van der Waals surface area contributed by atoms with E-state index >= 15 is 0 Å². The summed E-state index contributed by atoms with van der Waals surface area (Å²) in [5.41, 5.74) is -1.18. The van der Waals surface area contributed by atoms with Crippen molar-refractivity contribution in [2.24, 2.45) is 5.41 Å². The summed E-state index contributed by atoms with van der Waals surface area (Å²) in [5, 5.41) is 0.766. The van der Waals surface area contributed by atoms with Crippen molar-refractivity contribution in [2.45, 2.75) is 0 Å². The van der Waals surface area contributed by atoms with Gasteiger partial charge in [0.25, 0.3) is 0 Å². The van der Waals surface area contributed by atoms with E-state index < -0.39 is 11.4 Å². The Balaban J connectivity index is 2.22. The summed E-state index contributed by atoms with van der Waals surface area (Å²) < 4.78 is 10.6. The quantitative estimate of drug-likeness (QED) is 0.623. The van der Waals surface area contributed by atoms with Crippen LogP contribution < -0.4 is 4.90 Å². The molecule has 98 valence electrons. The Bertz CT molecular complexity index is 483. The highest BCUT2D eigenvalue weighted by Gasteiger charge is 2.55. The molecule has 1 saturated heterocycles. The normalized spacial score (nSPS) is 16.8. The number of hydrogen-bond donors (Lipinski definition) is 0. The van der Waals surface area contributed by atoms with E-state index in [0.717, 1.165) is 8.79 Å². The third-order valence-corrected chi connectivity index (χ3v) is 4.58. The molecule has 0 radical (unpaired) electrons. The molecule has 0 unspecified atom stereocenters. The molecule has 1 fully saturated rings. The number of carbonyl (C=O) groups excluding carboxylic acids is 2. The molecule has 1 aliphatic rings. The molecule has 0 aromatic carbocycles. The molecule has 1 aromatic rings. The van der Waals surface area contributed by atoms with Gasteiger partial charge in [0.1, 0.15) is 0 Å². The average molecular weight is 334 g/mol. The van der Waals surface area contributed by atoms with Gasteiger partial charge in [-0.3, -0.25) is 9.59 Å². The summed E-state index contributed by atoms with van der Waals surface area (Å²) in [6.45, 7) is 0.158. The van der Waals surface area contributed by atoms with Crippen LogP contribution in [-0.2, 0) is 19.1 Å². The van der Waals surface area contributed by atoms with Gasteiger partial charge in [0, 0.05) is 7.05 Å². The van der Waals surface area contributed by atoms with Gasteiger partial charge in [-0.2, -0.15) is 0 Å².